The maximum Gasteiger partial charge on any atom is 0.330 e. The molecule has 0 saturated heterocycles. The summed E-state index contributed by atoms with van der Waals surface area (Å²) in [6.45, 7) is 0.290. The zero-order valence-electron chi connectivity index (χ0n) is 11.5. The fraction of sp³-hybridized carbons (Fsp3) is 0.176. The standard InChI is InChI=1S/C17H16N2O2/c20-17(21-12-13-7-3-1-4-8-13)16-11-15(18-19-16)14-9-5-2-6-10-14/h1-10,16,19H,11-12H2. The number of carbonyl (C=O) groups is 1. The predicted molar refractivity (Wildman–Crippen MR) is 80.8 cm³/mol. The minimum absolute atomic E-state index is 0.270. The highest BCUT2D eigenvalue weighted by Gasteiger charge is 2.27. The average molecular weight is 280 g/mol. The van der Waals surface area contributed by atoms with E-state index in [4.69, 9.17) is 4.74 Å². The largest absolute Gasteiger partial charge is 0.459 e. The Morgan fingerprint density at radius 1 is 1.10 bits per heavy atom. The number of nitrogens with zero attached hydrogens (tertiary/aromatic N) is 1. The molecule has 2 aromatic rings. The molecule has 0 aliphatic carbocycles. The van der Waals surface area contributed by atoms with E-state index in [1.165, 1.54) is 0 Å². The van der Waals surface area contributed by atoms with Crippen molar-refractivity contribution in [2.24, 2.45) is 5.10 Å². The second-order valence-corrected chi connectivity index (χ2v) is 4.90. The topological polar surface area (TPSA) is 50.7 Å². The summed E-state index contributed by atoms with van der Waals surface area (Å²) in [7, 11) is 0. The molecule has 1 aliphatic heterocycles. The van der Waals surface area contributed by atoms with Crippen LogP contribution in [0.2, 0.25) is 0 Å². The highest BCUT2D eigenvalue weighted by atomic mass is 16.5. The Hall–Kier alpha value is -2.62. The lowest BCUT2D eigenvalue weighted by Crippen LogP contribution is -2.31. The molecule has 0 amide bonds. The highest BCUT2D eigenvalue weighted by Crippen LogP contribution is 2.13. The van der Waals surface area contributed by atoms with Gasteiger partial charge in [-0.1, -0.05) is 60.7 Å². The summed E-state index contributed by atoms with van der Waals surface area (Å²) in [6, 6.07) is 19.1. The molecule has 1 unspecified atom stereocenters. The number of ether oxygens (including phenoxy) is 1. The van der Waals surface area contributed by atoms with Crippen molar-refractivity contribution < 1.29 is 9.53 Å². The Morgan fingerprint density at radius 3 is 2.48 bits per heavy atom. The van der Waals surface area contributed by atoms with Crippen LogP contribution in [0.4, 0.5) is 0 Å². The van der Waals surface area contributed by atoms with Gasteiger partial charge in [-0.2, -0.15) is 5.10 Å². The maximum absolute atomic E-state index is 12.0. The maximum atomic E-state index is 12.0. The fourth-order valence-corrected chi connectivity index (χ4v) is 2.22. The Morgan fingerprint density at radius 2 is 1.76 bits per heavy atom. The molecular weight excluding hydrogens is 264 g/mol. The lowest BCUT2D eigenvalue weighted by atomic mass is 10.0. The van der Waals surface area contributed by atoms with E-state index < -0.39 is 6.04 Å². The van der Waals surface area contributed by atoms with Crippen LogP contribution in [0.15, 0.2) is 65.8 Å². The molecule has 1 heterocycles. The van der Waals surface area contributed by atoms with Gasteiger partial charge in [-0.25, -0.2) is 4.79 Å². The fourth-order valence-electron chi connectivity index (χ4n) is 2.22. The number of hydrazone groups is 1. The zero-order chi connectivity index (χ0) is 14.5. The van der Waals surface area contributed by atoms with E-state index >= 15 is 0 Å². The summed E-state index contributed by atoms with van der Waals surface area (Å²) in [6.07, 6.45) is 0.553. The summed E-state index contributed by atoms with van der Waals surface area (Å²) < 4.78 is 5.32. The van der Waals surface area contributed by atoms with Gasteiger partial charge in [0, 0.05) is 6.42 Å². The van der Waals surface area contributed by atoms with Crippen LogP contribution in [0.3, 0.4) is 0 Å². The van der Waals surface area contributed by atoms with E-state index in [2.05, 4.69) is 10.5 Å². The molecular formula is C17H16N2O2. The van der Waals surface area contributed by atoms with Crippen molar-refractivity contribution >= 4 is 11.7 Å². The first kappa shape index (κ1) is 13.4. The lowest BCUT2D eigenvalue weighted by molar-refractivity contribution is -0.147. The third-order valence-electron chi connectivity index (χ3n) is 3.37. The van der Waals surface area contributed by atoms with E-state index in [-0.39, 0.29) is 5.97 Å². The van der Waals surface area contributed by atoms with Crippen LogP contribution in [-0.2, 0) is 16.1 Å². The molecule has 3 rings (SSSR count). The molecule has 4 nitrogen and oxygen atoms in total. The average Bonchev–Trinajstić information content (AvgIpc) is 3.04. The Labute approximate surface area is 123 Å². The molecule has 0 fully saturated rings. The van der Waals surface area contributed by atoms with Crippen molar-refractivity contribution in [1.82, 2.24) is 5.43 Å². The molecule has 0 spiro atoms. The van der Waals surface area contributed by atoms with Crippen molar-refractivity contribution in [3.63, 3.8) is 0 Å². The molecule has 0 bridgehead atoms. The van der Waals surface area contributed by atoms with E-state index in [0.717, 1.165) is 16.8 Å². The van der Waals surface area contributed by atoms with Crippen molar-refractivity contribution in [2.75, 3.05) is 0 Å². The van der Waals surface area contributed by atoms with Crippen LogP contribution in [0.1, 0.15) is 17.5 Å². The molecule has 0 aromatic heterocycles. The zero-order valence-corrected chi connectivity index (χ0v) is 11.5. The Kier molecular flexibility index (Phi) is 3.96. The van der Waals surface area contributed by atoms with Gasteiger partial charge in [0.05, 0.1) is 5.71 Å². The van der Waals surface area contributed by atoms with Gasteiger partial charge in [0.1, 0.15) is 12.6 Å². The number of esters is 1. The highest BCUT2D eigenvalue weighted by molar-refractivity contribution is 6.04. The van der Waals surface area contributed by atoms with Gasteiger partial charge in [0.15, 0.2) is 0 Å². The van der Waals surface area contributed by atoms with Gasteiger partial charge in [-0.3, -0.25) is 5.43 Å². The van der Waals surface area contributed by atoms with Crippen molar-refractivity contribution in [1.29, 1.82) is 0 Å². The molecule has 0 radical (unpaired) electrons. The summed E-state index contributed by atoms with van der Waals surface area (Å²) in [5.41, 5.74) is 5.75. The summed E-state index contributed by atoms with van der Waals surface area (Å²) in [5.74, 6) is -0.270. The van der Waals surface area contributed by atoms with Crippen LogP contribution in [0, 0.1) is 0 Å². The molecule has 4 heteroatoms. The Balaban J connectivity index is 1.54. The van der Waals surface area contributed by atoms with Gasteiger partial charge in [-0.15, -0.1) is 0 Å². The van der Waals surface area contributed by atoms with Crippen molar-refractivity contribution in [2.45, 2.75) is 19.1 Å². The van der Waals surface area contributed by atoms with Crippen LogP contribution in [-0.4, -0.2) is 17.7 Å². The van der Waals surface area contributed by atoms with Crippen molar-refractivity contribution in [3.8, 4) is 0 Å². The quantitative estimate of drug-likeness (QED) is 0.875. The van der Waals surface area contributed by atoms with Crippen LogP contribution in [0.5, 0.6) is 0 Å². The van der Waals surface area contributed by atoms with Crippen LogP contribution < -0.4 is 5.43 Å². The molecule has 0 saturated carbocycles. The van der Waals surface area contributed by atoms with Crippen LogP contribution in [0.25, 0.3) is 0 Å². The first-order chi connectivity index (χ1) is 10.3. The molecule has 106 valence electrons. The minimum Gasteiger partial charge on any atom is -0.459 e. The second-order valence-electron chi connectivity index (χ2n) is 4.90. The minimum atomic E-state index is -0.399. The predicted octanol–water partition coefficient (Wildman–Crippen LogP) is 2.50. The van der Waals surface area contributed by atoms with Gasteiger partial charge in [0.2, 0.25) is 0 Å². The van der Waals surface area contributed by atoms with Crippen molar-refractivity contribution in [3.05, 3.63) is 71.8 Å². The van der Waals surface area contributed by atoms with Gasteiger partial charge >= 0.3 is 5.97 Å². The third-order valence-corrected chi connectivity index (χ3v) is 3.37. The summed E-state index contributed by atoms with van der Waals surface area (Å²) in [4.78, 5) is 12.0. The number of hydrogen-bond acceptors (Lipinski definition) is 4. The first-order valence-corrected chi connectivity index (χ1v) is 6.91. The van der Waals surface area contributed by atoms with Gasteiger partial charge < -0.3 is 4.74 Å². The van der Waals surface area contributed by atoms with E-state index in [1.54, 1.807) is 0 Å². The number of carbonyl (C=O) groups excluding carboxylic acids is 1. The van der Waals surface area contributed by atoms with E-state index in [0.29, 0.717) is 13.0 Å². The SMILES string of the molecule is O=C(OCc1ccccc1)C1CC(c2ccccc2)=NN1. The van der Waals surface area contributed by atoms with E-state index in [1.807, 2.05) is 60.7 Å². The first-order valence-electron chi connectivity index (χ1n) is 6.91. The molecule has 2 aromatic carbocycles. The second kappa shape index (κ2) is 6.22. The molecule has 21 heavy (non-hydrogen) atoms. The summed E-state index contributed by atoms with van der Waals surface area (Å²) >= 11 is 0. The number of rotatable bonds is 4. The van der Waals surface area contributed by atoms with Gasteiger partial charge in [-0.05, 0) is 11.1 Å². The normalized spacial score (nSPS) is 17.0. The third kappa shape index (κ3) is 3.28. The number of benzene rings is 2. The molecule has 1 atom stereocenters. The van der Waals surface area contributed by atoms with Gasteiger partial charge in [0.25, 0.3) is 0 Å². The molecule has 1 N–H and O–H groups in total. The number of nitrogens with one attached hydrogen (secondary N) is 1. The van der Waals surface area contributed by atoms with Crippen LogP contribution >= 0.6 is 0 Å². The smallest absolute Gasteiger partial charge is 0.330 e. The molecule has 1 aliphatic rings. The summed E-state index contributed by atoms with van der Waals surface area (Å²) in [5, 5.41) is 4.23. The Bertz CT molecular complexity index is 638. The number of hydrogen-bond donors (Lipinski definition) is 1. The van der Waals surface area contributed by atoms with E-state index in [9.17, 15) is 4.79 Å². The monoisotopic (exact) mass is 280 g/mol. The lowest BCUT2D eigenvalue weighted by Gasteiger charge is -2.10.